The first-order valence-corrected chi connectivity index (χ1v) is 4.79. The van der Waals surface area contributed by atoms with E-state index in [1.807, 2.05) is 0 Å². The zero-order chi connectivity index (χ0) is 10.2. The number of aliphatic hydroxyl groups excluding tert-OH is 1. The molecule has 1 atom stereocenters. The molecule has 1 aliphatic rings. The number of fused-ring (bicyclic) bond motifs is 1. The maximum absolute atomic E-state index is 8.84. The Morgan fingerprint density at radius 2 is 2.07 bits per heavy atom. The van der Waals surface area contributed by atoms with Gasteiger partial charge in [0.2, 0.25) is 0 Å². The highest BCUT2D eigenvalue weighted by Gasteiger charge is 2.36. The van der Waals surface area contributed by atoms with Crippen LogP contribution in [-0.2, 0) is 0 Å². The van der Waals surface area contributed by atoms with Gasteiger partial charge in [0.25, 0.3) is 5.79 Å². The van der Waals surface area contributed by atoms with Crippen molar-refractivity contribution in [3.63, 3.8) is 0 Å². The summed E-state index contributed by atoms with van der Waals surface area (Å²) in [6.07, 6.45) is 0.430. The van der Waals surface area contributed by atoms with Crippen LogP contribution in [0.2, 0.25) is 5.02 Å². The first kappa shape index (κ1) is 9.62. The van der Waals surface area contributed by atoms with E-state index >= 15 is 0 Å². The average molecular weight is 215 g/mol. The Morgan fingerprint density at radius 1 is 1.36 bits per heavy atom. The van der Waals surface area contributed by atoms with E-state index in [2.05, 4.69) is 0 Å². The second kappa shape index (κ2) is 3.33. The van der Waals surface area contributed by atoms with Gasteiger partial charge >= 0.3 is 0 Å². The van der Waals surface area contributed by atoms with Crippen molar-refractivity contribution in [3.8, 4) is 11.5 Å². The molecule has 1 aromatic rings. The molecule has 0 saturated carbocycles. The summed E-state index contributed by atoms with van der Waals surface area (Å²) in [6.45, 7) is 1.81. The maximum atomic E-state index is 8.84. The Kier molecular flexibility index (Phi) is 2.29. The lowest BCUT2D eigenvalue weighted by Gasteiger charge is -2.21. The van der Waals surface area contributed by atoms with Crippen LogP contribution in [0.5, 0.6) is 11.5 Å². The van der Waals surface area contributed by atoms with Gasteiger partial charge in [0.05, 0.1) is 6.61 Å². The summed E-state index contributed by atoms with van der Waals surface area (Å²) >= 11 is 5.81. The summed E-state index contributed by atoms with van der Waals surface area (Å²) < 4.78 is 11.1. The summed E-state index contributed by atoms with van der Waals surface area (Å²) in [7, 11) is 0. The summed E-state index contributed by atoms with van der Waals surface area (Å²) in [5.41, 5.74) is 0. The van der Waals surface area contributed by atoms with E-state index in [0.29, 0.717) is 22.9 Å². The number of hydrogen-bond acceptors (Lipinski definition) is 3. The molecule has 1 N–H and O–H groups in total. The van der Waals surface area contributed by atoms with Gasteiger partial charge in [-0.15, -0.1) is 0 Å². The van der Waals surface area contributed by atoms with Gasteiger partial charge in [0, 0.05) is 24.4 Å². The van der Waals surface area contributed by atoms with Crippen LogP contribution < -0.4 is 9.47 Å². The first-order valence-electron chi connectivity index (χ1n) is 4.41. The zero-order valence-corrected chi connectivity index (χ0v) is 8.54. The first-order chi connectivity index (χ1) is 6.63. The van der Waals surface area contributed by atoms with Crippen LogP contribution in [0.1, 0.15) is 13.3 Å². The van der Waals surface area contributed by atoms with Crippen LogP contribution in [-0.4, -0.2) is 17.5 Å². The fourth-order valence-corrected chi connectivity index (χ4v) is 1.60. The normalized spacial score (nSPS) is 23.9. The molecule has 14 heavy (non-hydrogen) atoms. The quantitative estimate of drug-likeness (QED) is 0.821. The lowest BCUT2D eigenvalue weighted by Crippen LogP contribution is -2.35. The molecule has 0 amide bonds. The van der Waals surface area contributed by atoms with Crippen LogP contribution in [0.3, 0.4) is 0 Å². The van der Waals surface area contributed by atoms with Crippen molar-refractivity contribution in [1.82, 2.24) is 0 Å². The minimum Gasteiger partial charge on any atom is -0.449 e. The second-order valence-corrected chi connectivity index (χ2v) is 3.84. The maximum Gasteiger partial charge on any atom is 0.251 e. The monoisotopic (exact) mass is 214 g/mol. The highest BCUT2D eigenvalue weighted by Crippen LogP contribution is 2.41. The van der Waals surface area contributed by atoms with Crippen molar-refractivity contribution < 1.29 is 14.6 Å². The Labute approximate surface area is 87.2 Å². The molecule has 0 aromatic heterocycles. The lowest BCUT2D eigenvalue weighted by atomic mass is 10.2. The number of aliphatic hydroxyl groups is 1. The molecular formula is C10H11ClO3. The molecule has 1 unspecified atom stereocenters. The standard InChI is InChI=1S/C10H11ClO3/c1-10(4-5-12)13-8-3-2-7(11)6-9(8)14-10/h2-3,6,12H,4-5H2,1H3. The fourth-order valence-electron chi connectivity index (χ4n) is 1.44. The molecule has 0 saturated heterocycles. The third-order valence-electron chi connectivity index (χ3n) is 2.12. The Bertz CT molecular complexity index is 353. The molecule has 2 rings (SSSR count). The molecule has 0 radical (unpaired) electrons. The van der Waals surface area contributed by atoms with Gasteiger partial charge in [0.15, 0.2) is 11.5 Å². The molecule has 0 aliphatic carbocycles. The van der Waals surface area contributed by atoms with E-state index in [0.717, 1.165) is 0 Å². The lowest BCUT2D eigenvalue weighted by molar-refractivity contribution is -0.0769. The predicted octanol–water partition coefficient (Wildman–Crippen LogP) is 2.21. The van der Waals surface area contributed by atoms with Gasteiger partial charge in [-0.2, -0.15) is 0 Å². The van der Waals surface area contributed by atoms with E-state index in [9.17, 15) is 0 Å². The van der Waals surface area contributed by atoms with E-state index in [4.69, 9.17) is 26.2 Å². The van der Waals surface area contributed by atoms with E-state index in [1.165, 1.54) is 0 Å². The topological polar surface area (TPSA) is 38.7 Å². The van der Waals surface area contributed by atoms with Crippen molar-refractivity contribution in [3.05, 3.63) is 23.2 Å². The van der Waals surface area contributed by atoms with Crippen LogP contribution in [0.15, 0.2) is 18.2 Å². The average Bonchev–Trinajstić information content (AvgIpc) is 2.40. The molecule has 1 aliphatic heterocycles. The SMILES string of the molecule is CC1(CCO)Oc2ccc(Cl)cc2O1. The largest absolute Gasteiger partial charge is 0.449 e. The minimum atomic E-state index is -0.762. The highest BCUT2D eigenvalue weighted by atomic mass is 35.5. The van der Waals surface area contributed by atoms with Crippen molar-refractivity contribution in [2.24, 2.45) is 0 Å². The van der Waals surface area contributed by atoms with Gasteiger partial charge in [-0.25, -0.2) is 0 Å². The predicted molar refractivity (Wildman–Crippen MR) is 52.8 cm³/mol. The third-order valence-corrected chi connectivity index (χ3v) is 2.36. The van der Waals surface area contributed by atoms with Crippen LogP contribution >= 0.6 is 11.6 Å². The van der Waals surface area contributed by atoms with Crippen molar-refractivity contribution in [2.75, 3.05) is 6.61 Å². The number of ether oxygens (including phenoxy) is 2. The van der Waals surface area contributed by atoms with Crippen LogP contribution in [0.4, 0.5) is 0 Å². The van der Waals surface area contributed by atoms with Gasteiger partial charge < -0.3 is 14.6 Å². The van der Waals surface area contributed by atoms with E-state index in [1.54, 1.807) is 25.1 Å². The number of hydrogen-bond donors (Lipinski definition) is 1. The van der Waals surface area contributed by atoms with Crippen molar-refractivity contribution in [1.29, 1.82) is 0 Å². The number of rotatable bonds is 2. The molecule has 1 aromatic carbocycles. The van der Waals surface area contributed by atoms with Gasteiger partial charge in [0.1, 0.15) is 0 Å². The fraction of sp³-hybridized carbons (Fsp3) is 0.400. The van der Waals surface area contributed by atoms with Gasteiger partial charge in [-0.05, 0) is 12.1 Å². The van der Waals surface area contributed by atoms with Crippen LogP contribution in [0, 0.1) is 0 Å². The second-order valence-electron chi connectivity index (χ2n) is 3.40. The molecule has 0 fully saturated rings. The molecule has 0 bridgehead atoms. The Hall–Kier alpha value is -0.930. The minimum absolute atomic E-state index is 0.0260. The van der Waals surface area contributed by atoms with E-state index < -0.39 is 5.79 Å². The number of benzene rings is 1. The Balaban J connectivity index is 2.25. The summed E-state index contributed by atoms with van der Waals surface area (Å²) in [4.78, 5) is 0. The van der Waals surface area contributed by atoms with Crippen molar-refractivity contribution >= 4 is 11.6 Å². The summed E-state index contributed by atoms with van der Waals surface area (Å²) in [5, 5.41) is 9.45. The third kappa shape index (κ3) is 1.65. The smallest absolute Gasteiger partial charge is 0.251 e. The molecule has 1 heterocycles. The van der Waals surface area contributed by atoms with E-state index in [-0.39, 0.29) is 6.61 Å². The zero-order valence-electron chi connectivity index (χ0n) is 7.79. The molecule has 76 valence electrons. The molecule has 0 spiro atoms. The molecule has 4 heteroatoms. The van der Waals surface area contributed by atoms with Crippen LogP contribution in [0.25, 0.3) is 0 Å². The summed E-state index contributed by atoms with van der Waals surface area (Å²) in [5.74, 6) is 0.542. The van der Waals surface area contributed by atoms with Gasteiger partial charge in [-0.1, -0.05) is 11.6 Å². The van der Waals surface area contributed by atoms with Gasteiger partial charge in [-0.3, -0.25) is 0 Å². The number of halogens is 1. The highest BCUT2D eigenvalue weighted by molar-refractivity contribution is 6.30. The Morgan fingerprint density at radius 3 is 2.79 bits per heavy atom. The molecule has 3 nitrogen and oxygen atoms in total. The van der Waals surface area contributed by atoms with Crippen molar-refractivity contribution in [2.45, 2.75) is 19.1 Å². The summed E-state index contributed by atoms with van der Waals surface area (Å²) in [6, 6.07) is 5.22. The molecular weight excluding hydrogens is 204 g/mol.